The Balaban J connectivity index is 2.37. The molecule has 0 aliphatic heterocycles. The maximum atomic E-state index is 11.0. The molecule has 0 radical (unpaired) electrons. The van der Waals surface area contributed by atoms with Crippen LogP contribution < -0.4 is 15.8 Å². The molecule has 0 aliphatic carbocycles. The number of nitro benzene ring substituents is 1. The number of rotatable bonds is 5. The highest BCUT2D eigenvalue weighted by atomic mass is 16.6. The van der Waals surface area contributed by atoms with E-state index in [1.54, 1.807) is 37.4 Å². The molecule has 0 fully saturated rings. The fraction of sp³-hybridized carbons (Fsp3) is 0.143. The molecule has 0 amide bonds. The molecule has 2 aromatic rings. The van der Waals surface area contributed by atoms with Crippen LogP contribution in [0.15, 0.2) is 42.5 Å². The van der Waals surface area contributed by atoms with Gasteiger partial charge >= 0.3 is 5.69 Å². The maximum Gasteiger partial charge on any atom is 0.311 e. The van der Waals surface area contributed by atoms with Crippen LogP contribution in [0.1, 0.15) is 5.56 Å². The third-order valence-corrected chi connectivity index (χ3v) is 2.81. The normalized spacial score (nSPS) is 10.1. The van der Waals surface area contributed by atoms with Crippen molar-refractivity contribution in [2.45, 2.75) is 6.54 Å². The van der Waals surface area contributed by atoms with Gasteiger partial charge in [0.15, 0.2) is 0 Å². The minimum Gasteiger partial charge on any atom is -0.450 e. The fourth-order valence-corrected chi connectivity index (χ4v) is 1.77. The van der Waals surface area contributed by atoms with E-state index in [1.807, 2.05) is 6.07 Å². The molecule has 0 heterocycles. The molecule has 104 valence electrons. The Hall–Kier alpha value is -2.60. The quantitative estimate of drug-likeness (QED) is 0.645. The monoisotopic (exact) mass is 273 g/mol. The molecular weight excluding hydrogens is 258 g/mol. The van der Waals surface area contributed by atoms with Crippen molar-refractivity contribution >= 4 is 11.4 Å². The zero-order valence-corrected chi connectivity index (χ0v) is 11.0. The summed E-state index contributed by atoms with van der Waals surface area (Å²) in [6, 6.07) is 11.8. The van der Waals surface area contributed by atoms with Crippen LogP contribution >= 0.6 is 0 Å². The molecule has 20 heavy (non-hydrogen) atoms. The summed E-state index contributed by atoms with van der Waals surface area (Å²) in [4.78, 5) is 10.5. The lowest BCUT2D eigenvalue weighted by Crippen LogP contribution is -1.98. The van der Waals surface area contributed by atoms with Gasteiger partial charge in [0.1, 0.15) is 5.75 Å². The molecule has 0 aromatic heterocycles. The predicted molar refractivity (Wildman–Crippen MR) is 77.1 cm³/mol. The molecule has 6 heteroatoms. The smallest absolute Gasteiger partial charge is 0.311 e. The Bertz CT molecular complexity index is 629. The van der Waals surface area contributed by atoms with Crippen LogP contribution in [0, 0.1) is 10.1 Å². The maximum absolute atomic E-state index is 11.0. The van der Waals surface area contributed by atoms with Crippen LogP contribution in [0.25, 0.3) is 0 Å². The summed E-state index contributed by atoms with van der Waals surface area (Å²) in [6.07, 6.45) is 0. The van der Waals surface area contributed by atoms with Gasteiger partial charge in [-0.25, -0.2) is 0 Å². The van der Waals surface area contributed by atoms with Crippen molar-refractivity contribution in [2.75, 3.05) is 12.4 Å². The van der Waals surface area contributed by atoms with Gasteiger partial charge in [0.2, 0.25) is 5.75 Å². The summed E-state index contributed by atoms with van der Waals surface area (Å²) in [7, 11) is 1.74. The second-order valence-corrected chi connectivity index (χ2v) is 4.14. The van der Waals surface area contributed by atoms with Gasteiger partial charge in [0, 0.05) is 31.4 Å². The summed E-state index contributed by atoms with van der Waals surface area (Å²) >= 11 is 0. The van der Waals surface area contributed by atoms with Gasteiger partial charge in [-0.1, -0.05) is 12.1 Å². The number of hydrogen-bond acceptors (Lipinski definition) is 5. The van der Waals surface area contributed by atoms with E-state index in [0.29, 0.717) is 12.3 Å². The van der Waals surface area contributed by atoms with E-state index in [4.69, 9.17) is 10.5 Å². The molecular formula is C14H15N3O3. The number of anilines is 1. The number of nitrogens with one attached hydrogen (secondary N) is 1. The third kappa shape index (κ3) is 3.04. The zero-order chi connectivity index (χ0) is 14.5. The number of nitrogens with two attached hydrogens (primary N) is 1. The Morgan fingerprint density at radius 1 is 1.30 bits per heavy atom. The van der Waals surface area contributed by atoms with Crippen molar-refractivity contribution in [1.29, 1.82) is 0 Å². The second-order valence-electron chi connectivity index (χ2n) is 4.14. The highest BCUT2D eigenvalue weighted by Crippen LogP contribution is 2.33. The first-order chi connectivity index (χ1) is 9.63. The van der Waals surface area contributed by atoms with Crippen molar-refractivity contribution in [3.05, 3.63) is 58.1 Å². The summed E-state index contributed by atoms with van der Waals surface area (Å²) in [5.74, 6) is 0.709. The fourth-order valence-electron chi connectivity index (χ4n) is 1.77. The summed E-state index contributed by atoms with van der Waals surface area (Å²) in [5.41, 5.74) is 7.12. The average molecular weight is 273 g/mol. The van der Waals surface area contributed by atoms with Crippen LogP contribution in [-0.4, -0.2) is 12.0 Å². The lowest BCUT2D eigenvalue weighted by atomic mass is 10.2. The van der Waals surface area contributed by atoms with Gasteiger partial charge in [0.05, 0.1) is 4.92 Å². The van der Waals surface area contributed by atoms with Gasteiger partial charge in [-0.3, -0.25) is 10.1 Å². The summed E-state index contributed by atoms with van der Waals surface area (Å²) in [6.45, 7) is 0.385. The Labute approximate surface area is 116 Å². The Morgan fingerprint density at radius 2 is 2.10 bits per heavy atom. The molecule has 2 rings (SSSR count). The standard InChI is InChI=1S/C14H15N3O3/c1-16-11-5-6-13(17(18)19)14(8-11)20-12-4-2-3-10(7-12)9-15/h2-8,16H,9,15H2,1H3. The van der Waals surface area contributed by atoms with E-state index >= 15 is 0 Å². The summed E-state index contributed by atoms with van der Waals surface area (Å²) < 4.78 is 5.62. The molecule has 0 spiro atoms. The summed E-state index contributed by atoms with van der Waals surface area (Å²) in [5, 5.41) is 13.9. The van der Waals surface area contributed by atoms with Crippen LogP contribution in [0.5, 0.6) is 11.5 Å². The van der Waals surface area contributed by atoms with Crippen LogP contribution in [0.3, 0.4) is 0 Å². The molecule has 0 saturated carbocycles. The number of hydrogen-bond donors (Lipinski definition) is 2. The van der Waals surface area contributed by atoms with Crippen molar-refractivity contribution in [2.24, 2.45) is 5.73 Å². The van der Waals surface area contributed by atoms with E-state index in [2.05, 4.69) is 5.32 Å². The van der Waals surface area contributed by atoms with Gasteiger partial charge in [0.25, 0.3) is 0 Å². The number of nitro groups is 1. The van der Waals surface area contributed by atoms with Crippen molar-refractivity contribution in [1.82, 2.24) is 0 Å². The lowest BCUT2D eigenvalue weighted by molar-refractivity contribution is -0.385. The molecule has 6 nitrogen and oxygen atoms in total. The van der Waals surface area contributed by atoms with Crippen LogP contribution in [0.4, 0.5) is 11.4 Å². The predicted octanol–water partition coefficient (Wildman–Crippen LogP) is 2.89. The van der Waals surface area contributed by atoms with Crippen molar-refractivity contribution in [3.8, 4) is 11.5 Å². The molecule has 0 aliphatic rings. The Kier molecular flexibility index (Phi) is 4.17. The van der Waals surface area contributed by atoms with E-state index in [9.17, 15) is 10.1 Å². The minimum atomic E-state index is -0.471. The van der Waals surface area contributed by atoms with Crippen molar-refractivity contribution < 1.29 is 9.66 Å². The minimum absolute atomic E-state index is 0.0813. The lowest BCUT2D eigenvalue weighted by Gasteiger charge is -2.09. The molecule has 0 saturated heterocycles. The molecule has 2 aromatic carbocycles. The number of benzene rings is 2. The third-order valence-electron chi connectivity index (χ3n) is 2.81. The average Bonchev–Trinajstić information content (AvgIpc) is 2.47. The second kappa shape index (κ2) is 6.03. The number of nitrogens with zero attached hydrogens (tertiary/aromatic N) is 1. The van der Waals surface area contributed by atoms with Gasteiger partial charge in [-0.2, -0.15) is 0 Å². The topological polar surface area (TPSA) is 90.4 Å². The van der Waals surface area contributed by atoms with Crippen LogP contribution in [-0.2, 0) is 6.54 Å². The van der Waals surface area contributed by atoms with E-state index in [1.165, 1.54) is 6.07 Å². The van der Waals surface area contributed by atoms with Crippen molar-refractivity contribution in [3.63, 3.8) is 0 Å². The zero-order valence-electron chi connectivity index (χ0n) is 11.0. The highest BCUT2D eigenvalue weighted by Gasteiger charge is 2.16. The molecule has 0 atom stereocenters. The first-order valence-corrected chi connectivity index (χ1v) is 6.07. The van der Waals surface area contributed by atoms with E-state index < -0.39 is 4.92 Å². The van der Waals surface area contributed by atoms with E-state index in [-0.39, 0.29) is 11.4 Å². The van der Waals surface area contributed by atoms with E-state index in [0.717, 1.165) is 11.3 Å². The SMILES string of the molecule is CNc1ccc([N+](=O)[O-])c(Oc2cccc(CN)c2)c1. The number of ether oxygens (including phenoxy) is 1. The largest absolute Gasteiger partial charge is 0.450 e. The van der Waals surface area contributed by atoms with Gasteiger partial charge < -0.3 is 15.8 Å². The first kappa shape index (κ1) is 13.8. The van der Waals surface area contributed by atoms with Crippen LogP contribution in [0.2, 0.25) is 0 Å². The first-order valence-electron chi connectivity index (χ1n) is 6.07. The molecule has 0 bridgehead atoms. The Morgan fingerprint density at radius 3 is 2.75 bits per heavy atom. The van der Waals surface area contributed by atoms with Gasteiger partial charge in [-0.05, 0) is 23.8 Å². The highest BCUT2D eigenvalue weighted by molar-refractivity contribution is 5.58. The molecule has 0 unspecified atom stereocenters. The van der Waals surface area contributed by atoms with Gasteiger partial charge in [-0.15, -0.1) is 0 Å². The molecule has 3 N–H and O–H groups in total.